The van der Waals surface area contributed by atoms with Crippen LogP contribution >= 0.6 is 0 Å². The third kappa shape index (κ3) is 6.16. The van der Waals surface area contributed by atoms with Crippen LogP contribution in [0.5, 0.6) is 0 Å². The average Bonchev–Trinajstić information content (AvgIpc) is 2.48. The van der Waals surface area contributed by atoms with Gasteiger partial charge in [0, 0.05) is 6.54 Å². The van der Waals surface area contributed by atoms with Gasteiger partial charge in [-0.3, -0.25) is 0 Å². The molecule has 0 radical (unpaired) electrons. The molecule has 5 heteroatoms. The van der Waals surface area contributed by atoms with Gasteiger partial charge in [-0.1, -0.05) is 45.2 Å². The maximum atomic E-state index is 12.3. The molecule has 120 valence electrons. The van der Waals surface area contributed by atoms with Crippen molar-refractivity contribution in [2.24, 2.45) is 11.7 Å². The summed E-state index contributed by atoms with van der Waals surface area (Å²) in [4.78, 5) is 0.327. The molecule has 0 fully saturated rings. The second-order valence-electron chi connectivity index (χ2n) is 5.45. The molecule has 0 bridgehead atoms. The van der Waals surface area contributed by atoms with Crippen LogP contribution in [0.15, 0.2) is 29.2 Å². The fraction of sp³-hybridized carbons (Fsp3) is 0.625. The first-order valence-electron chi connectivity index (χ1n) is 7.82. The molecule has 21 heavy (non-hydrogen) atoms. The number of rotatable bonds is 10. The number of benzene rings is 1. The first-order chi connectivity index (χ1) is 10.0. The van der Waals surface area contributed by atoms with Crippen molar-refractivity contribution in [2.75, 3.05) is 13.1 Å². The van der Waals surface area contributed by atoms with E-state index < -0.39 is 10.0 Å². The van der Waals surface area contributed by atoms with Gasteiger partial charge in [0.2, 0.25) is 10.0 Å². The Kier molecular flexibility index (Phi) is 7.93. The Labute approximate surface area is 129 Å². The highest BCUT2D eigenvalue weighted by molar-refractivity contribution is 7.89. The van der Waals surface area contributed by atoms with Gasteiger partial charge in [-0.05, 0) is 43.0 Å². The minimum atomic E-state index is -3.40. The Bertz CT molecular complexity index is 498. The monoisotopic (exact) mass is 312 g/mol. The lowest BCUT2D eigenvalue weighted by Gasteiger charge is -2.15. The molecular weight excluding hydrogens is 284 g/mol. The Hall–Kier alpha value is -0.910. The third-order valence-electron chi connectivity index (χ3n) is 3.77. The van der Waals surface area contributed by atoms with Gasteiger partial charge in [-0.2, -0.15) is 0 Å². The van der Waals surface area contributed by atoms with E-state index >= 15 is 0 Å². The Balaban J connectivity index is 2.63. The van der Waals surface area contributed by atoms with Gasteiger partial charge in [-0.15, -0.1) is 0 Å². The molecule has 1 aromatic carbocycles. The molecule has 3 N–H and O–H groups in total. The zero-order valence-electron chi connectivity index (χ0n) is 13.1. The second-order valence-corrected chi connectivity index (χ2v) is 7.22. The maximum Gasteiger partial charge on any atom is 0.240 e. The Morgan fingerprint density at radius 2 is 1.86 bits per heavy atom. The normalized spacial score (nSPS) is 13.3. The van der Waals surface area contributed by atoms with Crippen molar-refractivity contribution in [2.45, 2.75) is 50.8 Å². The van der Waals surface area contributed by atoms with Crippen LogP contribution in [0.3, 0.4) is 0 Å². The molecule has 1 unspecified atom stereocenters. The fourth-order valence-electron chi connectivity index (χ4n) is 2.26. The van der Waals surface area contributed by atoms with Crippen LogP contribution in [-0.4, -0.2) is 21.5 Å². The molecule has 0 saturated carbocycles. The molecule has 0 aliphatic carbocycles. The number of hydrogen-bond donors (Lipinski definition) is 2. The molecule has 0 aliphatic heterocycles. The Morgan fingerprint density at radius 1 is 1.19 bits per heavy atom. The molecular formula is C16H28N2O2S. The summed E-state index contributed by atoms with van der Waals surface area (Å²) < 4.78 is 27.3. The predicted molar refractivity (Wildman–Crippen MR) is 87.7 cm³/mol. The summed E-state index contributed by atoms with van der Waals surface area (Å²) in [7, 11) is -3.40. The van der Waals surface area contributed by atoms with E-state index in [1.807, 2.05) is 12.1 Å². The summed E-state index contributed by atoms with van der Waals surface area (Å²) in [6, 6.07) is 6.96. The molecule has 0 heterocycles. The molecule has 0 spiro atoms. The van der Waals surface area contributed by atoms with E-state index in [2.05, 4.69) is 18.6 Å². The minimum Gasteiger partial charge on any atom is -0.330 e. The van der Waals surface area contributed by atoms with Crippen molar-refractivity contribution in [3.8, 4) is 0 Å². The number of unbranched alkanes of at least 4 members (excludes halogenated alkanes) is 1. The third-order valence-corrected chi connectivity index (χ3v) is 5.21. The zero-order valence-corrected chi connectivity index (χ0v) is 14.0. The van der Waals surface area contributed by atoms with Gasteiger partial charge in [-0.25, -0.2) is 13.1 Å². The van der Waals surface area contributed by atoms with Gasteiger partial charge >= 0.3 is 0 Å². The summed E-state index contributed by atoms with van der Waals surface area (Å²) in [5.74, 6) is 0.413. The van der Waals surface area contributed by atoms with E-state index in [1.54, 1.807) is 12.1 Å². The second kappa shape index (κ2) is 9.18. The van der Waals surface area contributed by atoms with Crippen molar-refractivity contribution in [1.82, 2.24) is 4.72 Å². The van der Waals surface area contributed by atoms with Gasteiger partial charge < -0.3 is 5.73 Å². The molecule has 0 aliphatic rings. The largest absolute Gasteiger partial charge is 0.330 e. The highest BCUT2D eigenvalue weighted by atomic mass is 32.2. The van der Waals surface area contributed by atoms with Crippen molar-refractivity contribution >= 4 is 10.0 Å². The lowest BCUT2D eigenvalue weighted by atomic mass is 10.00. The SMILES string of the molecule is CCCCC(CC)CNS(=O)(=O)c1ccc(CCN)cc1. The van der Waals surface area contributed by atoms with Gasteiger partial charge in [0.1, 0.15) is 0 Å². The lowest BCUT2D eigenvalue weighted by Crippen LogP contribution is -2.29. The molecule has 4 nitrogen and oxygen atoms in total. The fourth-order valence-corrected chi connectivity index (χ4v) is 3.37. The van der Waals surface area contributed by atoms with Crippen LogP contribution in [0.1, 0.15) is 45.1 Å². The number of sulfonamides is 1. The van der Waals surface area contributed by atoms with Crippen molar-refractivity contribution in [3.63, 3.8) is 0 Å². The van der Waals surface area contributed by atoms with Crippen LogP contribution in [0.25, 0.3) is 0 Å². The van der Waals surface area contributed by atoms with E-state index in [-0.39, 0.29) is 0 Å². The molecule has 1 rings (SSSR count). The zero-order chi connectivity index (χ0) is 15.7. The summed E-state index contributed by atoms with van der Waals surface area (Å²) in [6.07, 6.45) is 5.13. The van der Waals surface area contributed by atoms with Gasteiger partial charge in [0.15, 0.2) is 0 Å². The number of nitrogens with two attached hydrogens (primary N) is 1. The first-order valence-corrected chi connectivity index (χ1v) is 9.30. The van der Waals surface area contributed by atoms with Gasteiger partial charge in [0.25, 0.3) is 0 Å². The summed E-state index contributed by atoms with van der Waals surface area (Å²) in [5.41, 5.74) is 6.55. The smallest absolute Gasteiger partial charge is 0.240 e. The maximum absolute atomic E-state index is 12.3. The number of nitrogens with one attached hydrogen (secondary N) is 1. The van der Waals surface area contributed by atoms with E-state index in [0.717, 1.165) is 37.7 Å². The minimum absolute atomic E-state index is 0.327. The average molecular weight is 312 g/mol. The summed E-state index contributed by atoms with van der Waals surface area (Å²) >= 11 is 0. The number of hydrogen-bond acceptors (Lipinski definition) is 3. The predicted octanol–water partition coefficient (Wildman–Crippen LogP) is 2.68. The van der Waals surface area contributed by atoms with Crippen molar-refractivity contribution in [1.29, 1.82) is 0 Å². The van der Waals surface area contributed by atoms with Crippen LogP contribution in [0, 0.1) is 5.92 Å². The van der Waals surface area contributed by atoms with Crippen LogP contribution in [0.2, 0.25) is 0 Å². The van der Waals surface area contributed by atoms with Crippen molar-refractivity contribution < 1.29 is 8.42 Å². The van der Waals surface area contributed by atoms with Crippen LogP contribution < -0.4 is 10.5 Å². The summed E-state index contributed by atoms with van der Waals surface area (Å²) in [6.45, 7) is 5.35. The molecule has 0 saturated heterocycles. The first kappa shape index (κ1) is 18.1. The molecule has 0 amide bonds. The highest BCUT2D eigenvalue weighted by Crippen LogP contribution is 2.14. The van der Waals surface area contributed by atoms with Gasteiger partial charge in [0.05, 0.1) is 4.90 Å². The Morgan fingerprint density at radius 3 is 2.38 bits per heavy atom. The van der Waals surface area contributed by atoms with E-state index in [9.17, 15) is 8.42 Å². The molecule has 1 atom stereocenters. The van der Waals surface area contributed by atoms with E-state index in [0.29, 0.717) is 23.9 Å². The van der Waals surface area contributed by atoms with E-state index in [1.165, 1.54) is 0 Å². The molecule has 1 aromatic rings. The van der Waals surface area contributed by atoms with Crippen LogP contribution in [-0.2, 0) is 16.4 Å². The standard InChI is InChI=1S/C16H28N2O2S/c1-3-5-6-14(4-2)13-18-21(19,20)16-9-7-15(8-10-16)11-12-17/h7-10,14,18H,3-6,11-13,17H2,1-2H3. The van der Waals surface area contributed by atoms with Crippen molar-refractivity contribution in [3.05, 3.63) is 29.8 Å². The van der Waals surface area contributed by atoms with Crippen LogP contribution in [0.4, 0.5) is 0 Å². The summed E-state index contributed by atoms with van der Waals surface area (Å²) in [5, 5.41) is 0. The van der Waals surface area contributed by atoms with E-state index in [4.69, 9.17) is 5.73 Å². The topological polar surface area (TPSA) is 72.2 Å². The molecule has 0 aromatic heterocycles. The highest BCUT2D eigenvalue weighted by Gasteiger charge is 2.16. The quantitative estimate of drug-likeness (QED) is 0.697. The lowest BCUT2D eigenvalue weighted by molar-refractivity contribution is 0.444.